The van der Waals surface area contributed by atoms with Crippen LogP contribution in [-0.2, 0) is 9.53 Å². The third-order valence-electron chi connectivity index (χ3n) is 3.53. The van der Waals surface area contributed by atoms with Crippen molar-refractivity contribution >= 4 is 18.0 Å². The van der Waals surface area contributed by atoms with Gasteiger partial charge in [0.1, 0.15) is 11.1 Å². The van der Waals surface area contributed by atoms with Crippen LogP contribution >= 0.6 is 0 Å². The van der Waals surface area contributed by atoms with E-state index in [-0.39, 0.29) is 12.5 Å². The Morgan fingerprint density at radius 3 is 2.40 bits per heavy atom. The van der Waals surface area contributed by atoms with Crippen LogP contribution in [0.2, 0.25) is 0 Å². The van der Waals surface area contributed by atoms with Crippen LogP contribution in [0.5, 0.6) is 0 Å². The maximum atomic E-state index is 12.2. The van der Waals surface area contributed by atoms with E-state index in [9.17, 15) is 14.4 Å². The highest BCUT2D eigenvalue weighted by Crippen LogP contribution is 2.32. The van der Waals surface area contributed by atoms with Gasteiger partial charge in [0.25, 0.3) is 5.91 Å². The van der Waals surface area contributed by atoms with Gasteiger partial charge in [-0.15, -0.1) is 0 Å². The Labute approximate surface area is 118 Å². The number of carbonyl (C=O) groups excluding carboxylic acids is 3. The van der Waals surface area contributed by atoms with Gasteiger partial charge in [0.05, 0.1) is 0 Å². The average Bonchev–Trinajstić information content (AvgIpc) is 2.57. The molecule has 0 aliphatic carbocycles. The highest BCUT2D eigenvalue weighted by Gasteiger charge is 2.58. The van der Waals surface area contributed by atoms with Crippen molar-refractivity contribution in [3.05, 3.63) is 0 Å². The zero-order chi connectivity index (χ0) is 15.7. The lowest BCUT2D eigenvalue weighted by atomic mass is 9.82. The van der Waals surface area contributed by atoms with E-state index in [1.54, 1.807) is 27.7 Å². The molecule has 3 N–H and O–H groups in total. The van der Waals surface area contributed by atoms with Crippen LogP contribution in [0.1, 0.15) is 41.0 Å². The monoisotopic (exact) mass is 285 g/mol. The molecule has 1 fully saturated rings. The summed E-state index contributed by atoms with van der Waals surface area (Å²) in [4.78, 5) is 37.2. The first-order valence-electron chi connectivity index (χ1n) is 6.68. The molecule has 2 unspecified atom stereocenters. The Hall–Kier alpha value is -1.63. The molecular weight excluding hydrogens is 262 g/mol. The van der Waals surface area contributed by atoms with Crippen LogP contribution in [0, 0.1) is 5.92 Å². The van der Waals surface area contributed by atoms with Crippen molar-refractivity contribution in [3.63, 3.8) is 0 Å². The normalized spacial score (nSPS) is 24.6. The minimum atomic E-state index is -1.38. The van der Waals surface area contributed by atoms with Crippen LogP contribution in [-0.4, -0.2) is 40.6 Å². The summed E-state index contributed by atoms with van der Waals surface area (Å²) < 4.78 is 5.21. The summed E-state index contributed by atoms with van der Waals surface area (Å²) in [6.45, 7) is 8.57. The van der Waals surface area contributed by atoms with Gasteiger partial charge in [-0.25, -0.2) is 14.5 Å². The first-order chi connectivity index (χ1) is 9.10. The smallest absolute Gasteiger partial charge is 0.419 e. The van der Waals surface area contributed by atoms with Gasteiger partial charge in [-0.05, 0) is 26.7 Å². The van der Waals surface area contributed by atoms with E-state index in [2.05, 4.69) is 5.32 Å². The van der Waals surface area contributed by atoms with Crippen LogP contribution < -0.4 is 11.1 Å². The zero-order valence-corrected chi connectivity index (χ0v) is 12.6. The summed E-state index contributed by atoms with van der Waals surface area (Å²) in [5.41, 5.74) is 3.58. The van der Waals surface area contributed by atoms with E-state index in [0.29, 0.717) is 6.42 Å². The lowest BCUT2D eigenvalue weighted by molar-refractivity contribution is -0.128. The van der Waals surface area contributed by atoms with Gasteiger partial charge in [0.2, 0.25) is 0 Å². The minimum Gasteiger partial charge on any atom is -0.443 e. The quantitative estimate of drug-likeness (QED) is 0.759. The molecule has 1 aliphatic heterocycles. The third-order valence-corrected chi connectivity index (χ3v) is 3.53. The Bertz CT molecular complexity index is 430. The Balaban J connectivity index is 3.22. The molecule has 1 aliphatic rings. The molecule has 114 valence electrons. The van der Waals surface area contributed by atoms with Gasteiger partial charge >= 0.3 is 12.1 Å². The summed E-state index contributed by atoms with van der Waals surface area (Å²) in [7, 11) is 0. The van der Waals surface area contributed by atoms with Crippen molar-refractivity contribution in [2.75, 3.05) is 6.54 Å². The van der Waals surface area contributed by atoms with Gasteiger partial charge in [-0.2, -0.15) is 0 Å². The third kappa shape index (κ3) is 2.63. The summed E-state index contributed by atoms with van der Waals surface area (Å²) in [5.74, 6) is -0.823. The predicted octanol–water partition coefficient (Wildman–Crippen LogP) is 1.22. The molecule has 7 nitrogen and oxygen atoms in total. The predicted molar refractivity (Wildman–Crippen MR) is 72.9 cm³/mol. The largest absolute Gasteiger partial charge is 0.443 e. The Morgan fingerprint density at radius 1 is 1.45 bits per heavy atom. The summed E-state index contributed by atoms with van der Waals surface area (Å²) in [5, 5.41) is 2.16. The zero-order valence-electron chi connectivity index (χ0n) is 12.6. The molecule has 20 heavy (non-hydrogen) atoms. The van der Waals surface area contributed by atoms with E-state index >= 15 is 0 Å². The molecule has 1 saturated heterocycles. The number of amides is 4. The van der Waals surface area contributed by atoms with Crippen LogP contribution in [0.15, 0.2) is 0 Å². The molecule has 0 aromatic rings. The van der Waals surface area contributed by atoms with Gasteiger partial charge in [-0.1, -0.05) is 20.3 Å². The second-order valence-electron chi connectivity index (χ2n) is 6.01. The molecule has 1 rings (SSSR count). The van der Waals surface area contributed by atoms with E-state index < -0.39 is 29.2 Å². The Morgan fingerprint density at radius 2 is 2.00 bits per heavy atom. The van der Waals surface area contributed by atoms with E-state index in [1.165, 1.54) is 0 Å². The molecule has 0 bridgehead atoms. The SMILES string of the molecule is CCC(C)C1(CN)C(=O)NC(=O)N1C(=O)OC(C)(C)C. The van der Waals surface area contributed by atoms with Crippen molar-refractivity contribution in [2.45, 2.75) is 52.2 Å². The number of ether oxygens (including phenoxy) is 1. The van der Waals surface area contributed by atoms with E-state index in [4.69, 9.17) is 10.5 Å². The summed E-state index contributed by atoms with van der Waals surface area (Å²) in [6, 6.07) is -0.782. The fraction of sp³-hybridized carbons (Fsp3) is 0.769. The van der Waals surface area contributed by atoms with Crippen molar-refractivity contribution in [2.24, 2.45) is 11.7 Å². The fourth-order valence-electron chi connectivity index (χ4n) is 2.26. The molecular formula is C13H23N3O4. The number of rotatable bonds is 3. The maximum Gasteiger partial charge on any atom is 0.419 e. The van der Waals surface area contributed by atoms with Gasteiger partial charge in [-0.3, -0.25) is 10.1 Å². The number of carbonyl (C=O) groups is 3. The fourth-order valence-corrected chi connectivity index (χ4v) is 2.26. The number of hydrogen-bond donors (Lipinski definition) is 2. The topological polar surface area (TPSA) is 102 Å². The molecule has 7 heteroatoms. The number of nitrogens with two attached hydrogens (primary N) is 1. The van der Waals surface area contributed by atoms with Crippen LogP contribution in [0.25, 0.3) is 0 Å². The van der Waals surface area contributed by atoms with Crippen LogP contribution in [0.4, 0.5) is 9.59 Å². The van der Waals surface area contributed by atoms with E-state index in [0.717, 1.165) is 4.90 Å². The lowest BCUT2D eigenvalue weighted by Crippen LogP contribution is -2.61. The second-order valence-corrected chi connectivity index (χ2v) is 6.01. The molecule has 0 saturated carbocycles. The number of urea groups is 1. The molecule has 4 amide bonds. The second kappa shape index (κ2) is 5.40. The highest BCUT2D eigenvalue weighted by molar-refractivity contribution is 6.13. The molecule has 1 heterocycles. The number of hydrogen-bond acceptors (Lipinski definition) is 5. The first kappa shape index (κ1) is 16.4. The van der Waals surface area contributed by atoms with E-state index in [1.807, 2.05) is 6.92 Å². The standard InChI is InChI=1S/C13H23N3O4/c1-6-8(2)13(7-14)9(17)15-10(18)16(13)11(19)20-12(3,4)5/h8H,6-7,14H2,1-5H3,(H,15,17,18). The van der Waals surface area contributed by atoms with Gasteiger partial charge in [0, 0.05) is 6.54 Å². The maximum absolute atomic E-state index is 12.2. The summed E-state index contributed by atoms with van der Waals surface area (Å²) >= 11 is 0. The lowest BCUT2D eigenvalue weighted by Gasteiger charge is -2.37. The average molecular weight is 285 g/mol. The summed E-state index contributed by atoms with van der Waals surface area (Å²) in [6.07, 6.45) is -0.261. The highest BCUT2D eigenvalue weighted by atomic mass is 16.6. The van der Waals surface area contributed by atoms with Crippen molar-refractivity contribution < 1.29 is 19.1 Å². The van der Waals surface area contributed by atoms with Gasteiger partial charge in [0.15, 0.2) is 0 Å². The Kier molecular flexibility index (Phi) is 4.43. The van der Waals surface area contributed by atoms with Crippen molar-refractivity contribution in [1.82, 2.24) is 10.2 Å². The van der Waals surface area contributed by atoms with Crippen molar-refractivity contribution in [1.29, 1.82) is 0 Å². The molecule has 0 aromatic heterocycles. The minimum absolute atomic E-state index is 0.140. The molecule has 0 radical (unpaired) electrons. The number of nitrogens with zero attached hydrogens (tertiary/aromatic N) is 1. The van der Waals surface area contributed by atoms with Crippen molar-refractivity contribution in [3.8, 4) is 0 Å². The van der Waals surface area contributed by atoms with Crippen LogP contribution in [0.3, 0.4) is 0 Å². The number of nitrogens with one attached hydrogen (secondary N) is 1. The molecule has 2 atom stereocenters. The molecule has 0 aromatic carbocycles. The first-order valence-corrected chi connectivity index (χ1v) is 6.68. The van der Waals surface area contributed by atoms with Gasteiger partial charge < -0.3 is 10.5 Å². The molecule has 0 spiro atoms. The number of imide groups is 2.